The van der Waals surface area contributed by atoms with Crippen LogP contribution in [0.4, 0.5) is 0 Å². The number of unbranched alkanes of at least 4 members (excludes halogenated alkanes) is 4. The molecule has 2 heterocycles. The van der Waals surface area contributed by atoms with E-state index in [1.807, 2.05) is 0 Å². The minimum Gasteiger partial charge on any atom is -0.387 e. The lowest BCUT2D eigenvalue weighted by atomic mass is 9.97. The van der Waals surface area contributed by atoms with Gasteiger partial charge in [-0.2, -0.15) is 0 Å². The Labute approximate surface area is 157 Å². The molecule has 2 aliphatic heterocycles. The Morgan fingerprint density at radius 1 is 0.731 bits per heavy atom. The fourth-order valence-corrected chi connectivity index (χ4v) is 3.59. The van der Waals surface area contributed by atoms with Gasteiger partial charge in [0.25, 0.3) is 0 Å². The average molecular weight is 357 g/mol. The second-order valence-corrected chi connectivity index (χ2v) is 7.49. The Morgan fingerprint density at radius 3 is 1.54 bits per heavy atom. The van der Waals surface area contributed by atoms with Crippen molar-refractivity contribution in [1.29, 1.82) is 0 Å². The molecule has 0 aromatic heterocycles. The highest BCUT2D eigenvalue weighted by Gasteiger charge is 2.25. The summed E-state index contributed by atoms with van der Waals surface area (Å²) in [6, 6.07) is 8.62. The molecule has 0 saturated heterocycles. The largest absolute Gasteiger partial charge is 0.387 e. The van der Waals surface area contributed by atoms with Gasteiger partial charge in [0.05, 0.1) is 11.4 Å². The first kappa shape index (κ1) is 18.9. The quantitative estimate of drug-likeness (QED) is 0.450. The summed E-state index contributed by atoms with van der Waals surface area (Å²) in [5, 5.41) is 8.57. The Bertz CT molecular complexity index is 567. The molecule has 1 aromatic rings. The molecule has 2 atom stereocenters. The van der Waals surface area contributed by atoms with E-state index in [0.29, 0.717) is 0 Å². The van der Waals surface area contributed by atoms with Gasteiger partial charge in [0.2, 0.25) is 0 Å². The maximum atomic E-state index is 5.65. The fourth-order valence-electron chi connectivity index (χ4n) is 3.59. The molecular weight excluding hydrogens is 324 g/mol. The van der Waals surface area contributed by atoms with Gasteiger partial charge in [-0.25, -0.2) is 0 Å². The summed E-state index contributed by atoms with van der Waals surface area (Å²) in [5.41, 5.74) is 4.81. The lowest BCUT2D eigenvalue weighted by Gasteiger charge is -2.12. The maximum absolute atomic E-state index is 5.65. The summed E-state index contributed by atoms with van der Waals surface area (Å²) in [7, 11) is 0. The molecule has 0 spiro atoms. The zero-order valence-corrected chi connectivity index (χ0v) is 16.2. The minimum atomic E-state index is 0.0750. The monoisotopic (exact) mass is 356 g/mol. The fraction of sp³-hybridized carbons (Fsp3) is 0.636. The van der Waals surface area contributed by atoms with E-state index in [1.54, 1.807) is 0 Å². The third kappa shape index (κ3) is 5.09. The molecular formula is C22H32N2O2. The van der Waals surface area contributed by atoms with Crippen LogP contribution in [0.15, 0.2) is 34.6 Å². The summed E-state index contributed by atoms with van der Waals surface area (Å²) in [5.74, 6) is 0. The second kappa shape index (κ2) is 9.75. The molecule has 2 aliphatic rings. The van der Waals surface area contributed by atoms with Crippen LogP contribution in [0, 0.1) is 0 Å². The Morgan fingerprint density at radius 2 is 1.15 bits per heavy atom. The van der Waals surface area contributed by atoms with E-state index in [2.05, 4.69) is 48.4 Å². The van der Waals surface area contributed by atoms with Gasteiger partial charge >= 0.3 is 0 Å². The van der Waals surface area contributed by atoms with Crippen LogP contribution in [-0.4, -0.2) is 11.4 Å². The second-order valence-electron chi connectivity index (χ2n) is 7.49. The molecule has 26 heavy (non-hydrogen) atoms. The molecule has 0 saturated carbocycles. The van der Waals surface area contributed by atoms with Crippen LogP contribution in [0.3, 0.4) is 0 Å². The van der Waals surface area contributed by atoms with Gasteiger partial charge in [0, 0.05) is 12.8 Å². The van der Waals surface area contributed by atoms with Crippen LogP contribution in [0.2, 0.25) is 0 Å². The highest BCUT2D eigenvalue weighted by Crippen LogP contribution is 2.32. The first-order chi connectivity index (χ1) is 12.8. The Balaban J connectivity index is 1.46. The molecule has 142 valence electrons. The van der Waals surface area contributed by atoms with E-state index in [4.69, 9.17) is 9.68 Å². The zero-order valence-electron chi connectivity index (χ0n) is 16.2. The van der Waals surface area contributed by atoms with Crippen molar-refractivity contribution >= 4 is 11.4 Å². The van der Waals surface area contributed by atoms with Crippen LogP contribution in [0.25, 0.3) is 0 Å². The SMILES string of the molecule is CCCCCC1=NO[C@H](c2ccc([C@@H]3CC(CCCCC)=NO3)cc2)C1. The molecule has 4 nitrogen and oxygen atoms in total. The standard InChI is InChI=1S/C22H32N2O2/c1-3-5-7-9-19-15-21(25-23-19)17-11-13-18(14-12-17)22-16-20(24-26-22)10-8-6-4-2/h11-14,21-22H,3-10,15-16H2,1-2H3/t21-,22-/m0/s1. The number of nitrogens with zero attached hydrogens (tertiary/aromatic N) is 2. The minimum absolute atomic E-state index is 0.0750. The molecule has 0 aliphatic carbocycles. The molecule has 0 fully saturated rings. The summed E-state index contributed by atoms with van der Waals surface area (Å²) >= 11 is 0. The molecule has 0 bridgehead atoms. The predicted molar refractivity (Wildman–Crippen MR) is 106 cm³/mol. The lowest BCUT2D eigenvalue weighted by Crippen LogP contribution is -2.03. The van der Waals surface area contributed by atoms with Crippen LogP contribution >= 0.6 is 0 Å². The van der Waals surface area contributed by atoms with Gasteiger partial charge < -0.3 is 9.68 Å². The van der Waals surface area contributed by atoms with Crippen molar-refractivity contribution in [3.05, 3.63) is 35.4 Å². The highest BCUT2D eigenvalue weighted by molar-refractivity contribution is 5.86. The van der Waals surface area contributed by atoms with Crippen molar-refractivity contribution in [2.75, 3.05) is 0 Å². The number of hydrogen-bond acceptors (Lipinski definition) is 4. The summed E-state index contributed by atoms with van der Waals surface area (Å²) in [4.78, 5) is 11.3. The van der Waals surface area contributed by atoms with Gasteiger partial charge in [0.1, 0.15) is 0 Å². The lowest BCUT2D eigenvalue weighted by molar-refractivity contribution is 0.0832. The number of benzene rings is 1. The van der Waals surface area contributed by atoms with E-state index in [9.17, 15) is 0 Å². The van der Waals surface area contributed by atoms with E-state index in [-0.39, 0.29) is 12.2 Å². The summed E-state index contributed by atoms with van der Waals surface area (Å²) in [6.45, 7) is 4.45. The molecule has 1 aromatic carbocycles. The molecule has 0 radical (unpaired) electrons. The predicted octanol–water partition coefficient (Wildman–Crippen LogP) is 6.48. The van der Waals surface area contributed by atoms with Crippen LogP contribution in [0.5, 0.6) is 0 Å². The average Bonchev–Trinajstić information content (AvgIpc) is 3.32. The zero-order chi connectivity index (χ0) is 18.2. The molecule has 0 N–H and O–H groups in total. The van der Waals surface area contributed by atoms with Gasteiger partial charge in [-0.1, -0.05) is 74.1 Å². The van der Waals surface area contributed by atoms with Crippen molar-refractivity contribution in [2.45, 2.75) is 90.3 Å². The first-order valence-corrected chi connectivity index (χ1v) is 10.3. The topological polar surface area (TPSA) is 43.2 Å². The van der Waals surface area contributed by atoms with Crippen LogP contribution in [0.1, 0.15) is 101 Å². The Hall–Kier alpha value is -1.84. The van der Waals surface area contributed by atoms with Crippen molar-refractivity contribution in [1.82, 2.24) is 0 Å². The van der Waals surface area contributed by atoms with Gasteiger partial charge in [-0.3, -0.25) is 0 Å². The van der Waals surface area contributed by atoms with Gasteiger partial charge in [0.15, 0.2) is 12.2 Å². The van der Waals surface area contributed by atoms with Crippen molar-refractivity contribution in [2.24, 2.45) is 10.3 Å². The summed E-state index contributed by atoms with van der Waals surface area (Å²) in [6.07, 6.45) is 11.6. The third-order valence-corrected chi connectivity index (χ3v) is 5.28. The van der Waals surface area contributed by atoms with Crippen molar-refractivity contribution in [3.8, 4) is 0 Å². The van der Waals surface area contributed by atoms with E-state index >= 15 is 0 Å². The van der Waals surface area contributed by atoms with Gasteiger partial charge in [-0.05, 0) is 36.8 Å². The molecule has 3 rings (SSSR count). The maximum Gasteiger partial charge on any atom is 0.157 e. The Kier molecular flexibility index (Phi) is 7.10. The first-order valence-electron chi connectivity index (χ1n) is 10.3. The highest BCUT2D eigenvalue weighted by atomic mass is 16.6. The number of oxime groups is 2. The third-order valence-electron chi connectivity index (χ3n) is 5.28. The van der Waals surface area contributed by atoms with Crippen molar-refractivity contribution in [3.63, 3.8) is 0 Å². The molecule has 0 amide bonds. The molecule has 0 unspecified atom stereocenters. The normalized spacial score (nSPS) is 21.9. The number of rotatable bonds is 10. The van der Waals surface area contributed by atoms with E-state index in [1.165, 1.54) is 61.1 Å². The van der Waals surface area contributed by atoms with Crippen LogP contribution in [-0.2, 0) is 9.68 Å². The van der Waals surface area contributed by atoms with Crippen LogP contribution < -0.4 is 0 Å². The summed E-state index contributed by atoms with van der Waals surface area (Å²) < 4.78 is 0. The van der Waals surface area contributed by atoms with Gasteiger partial charge in [-0.15, -0.1) is 0 Å². The number of hydrogen-bond donors (Lipinski definition) is 0. The van der Waals surface area contributed by atoms with E-state index < -0.39 is 0 Å². The molecule has 4 heteroatoms. The van der Waals surface area contributed by atoms with E-state index in [0.717, 1.165) is 25.7 Å². The smallest absolute Gasteiger partial charge is 0.157 e. The van der Waals surface area contributed by atoms with Crippen molar-refractivity contribution < 1.29 is 9.68 Å².